The number of nitro groups is 1. The SMILES string of the molecule is CCC(C#N)C(=O)Nc1cc([N+](=O)[O-])c(F)cc1F. The van der Waals surface area contributed by atoms with Crippen molar-refractivity contribution in [2.24, 2.45) is 5.92 Å². The van der Waals surface area contributed by atoms with Gasteiger partial charge in [0.1, 0.15) is 11.7 Å². The Hall–Kier alpha value is -2.56. The van der Waals surface area contributed by atoms with Gasteiger partial charge in [-0.3, -0.25) is 14.9 Å². The molecule has 0 saturated heterocycles. The number of amides is 1. The van der Waals surface area contributed by atoms with Crippen LogP contribution in [0.1, 0.15) is 13.3 Å². The first-order valence-corrected chi connectivity index (χ1v) is 5.24. The highest BCUT2D eigenvalue weighted by Gasteiger charge is 2.22. The summed E-state index contributed by atoms with van der Waals surface area (Å²) in [6, 6.07) is 2.58. The molecule has 1 amide bonds. The molecule has 1 aromatic carbocycles. The smallest absolute Gasteiger partial charge is 0.307 e. The first kappa shape index (κ1) is 14.5. The predicted octanol–water partition coefficient (Wildman–Crippen LogP) is 2.36. The lowest BCUT2D eigenvalue weighted by molar-refractivity contribution is -0.387. The van der Waals surface area contributed by atoms with Crippen LogP contribution in [0.4, 0.5) is 20.2 Å². The quantitative estimate of drug-likeness (QED) is 0.670. The number of nitrogens with one attached hydrogen (secondary N) is 1. The Morgan fingerprint density at radius 1 is 1.53 bits per heavy atom. The number of rotatable bonds is 4. The van der Waals surface area contributed by atoms with Crippen molar-refractivity contribution in [3.8, 4) is 6.07 Å². The van der Waals surface area contributed by atoms with Gasteiger partial charge in [-0.2, -0.15) is 9.65 Å². The van der Waals surface area contributed by atoms with Crippen molar-refractivity contribution in [1.29, 1.82) is 5.26 Å². The van der Waals surface area contributed by atoms with E-state index in [1.807, 2.05) is 5.32 Å². The molecule has 1 rings (SSSR count). The topological polar surface area (TPSA) is 96.0 Å². The largest absolute Gasteiger partial charge is 0.322 e. The van der Waals surface area contributed by atoms with Crippen molar-refractivity contribution in [3.63, 3.8) is 0 Å². The van der Waals surface area contributed by atoms with Crippen molar-refractivity contribution in [3.05, 3.63) is 33.9 Å². The third-order valence-electron chi connectivity index (χ3n) is 2.37. The van der Waals surface area contributed by atoms with E-state index in [0.717, 1.165) is 0 Å². The van der Waals surface area contributed by atoms with Gasteiger partial charge in [-0.1, -0.05) is 6.92 Å². The summed E-state index contributed by atoms with van der Waals surface area (Å²) in [4.78, 5) is 21.0. The predicted molar refractivity (Wildman–Crippen MR) is 61.0 cm³/mol. The highest BCUT2D eigenvalue weighted by atomic mass is 19.1. The highest BCUT2D eigenvalue weighted by Crippen LogP contribution is 2.25. The van der Waals surface area contributed by atoms with Crippen LogP contribution in [0.3, 0.4) is 0 Å². The molecule has 1 atom stereocenters. The van der Waals surface area contributed by atoms with Crippen molar-refractivity contribution in [2.45, 2.75) is 13.3 Å². The van der Waals surface area contributed by atoms with E-state index in [4.69, 9.17) is 5.26 Å². The molecule has 0 bridgehead atoms. The van der Waals surface area contributed by atoms with Crippen LogP contribution in [-0.2, 0) is 4.79 Å². The molecule has 0 spiro atoms. The molecular formula is C11H9F2N3O3. The third kappa shape index (κ3) is 3.22. The molecule has 19 heavy (non-hydrogen) atoms. The van der Waals surface area contributed by atoms with Crippen molar-refractivity contribution < 1.29 is 18.5 Å². The van der Waals surface area contributed by atoms with Gasteiger partial charge < -0.3 is 5.32 Å². The van der Waals surface area contributed by atoms with Crippen molar-refractivity contribution in [2.75, 3.05) is 5.32 Å². The van der Waals surface area contributed by atoms with Gasteiger partial charge in [0.2, 0.25) is 11.7 Å². The van der Waals surface area contributed by atoms with Gasteiger partial charge in [-0.25, -0.2) is 4.39 Å². The second kappa shape index (κ2) is 5.86. The zero-order chi connectivity index (χ0) is 14.6. The Morgan fingerprint density at radius 3 is 2.63 bits per heavy atom. The summed E-state index contributed by atoms with van der Waals surface area (Å²) in [6.45, 7) is 1.58. The van der Waals surface area contributed by atoms with Gasteiger partial charge in [0.25, 0.3) is 0 Å². The zero-order valence-corrected chi connectivity index (χ0v) is 9.81. The molecule has 100 valence electrons. The summed E-state index contributed by atoms with van der Waals surface area (Å²) in [6.07, 6.45) is 0.202. The summed E-state index contributed by atoms with van der Waals surface area (Å²) in [5.74, 6) is -4.30. The van der Waals surface area contributed by atoms with Crippen LogP contribution in [0.2, 0.25) is 0 Å². The van der Waals surface area contributed by atoms with Gasteiger partial charge in [-0.15, -0.1) is 0 Å². The van der Waals surface area contributed by atoms with Crippen molar-refractivity contribution in [1.82, 2.24) is 0 Å². The van der Waals surface area contributed by atoms with Crippen LogP contribution in [0.15, 0.2) is 12.1 Å². The fourth-order valence-electron chi connectivity index (χ4n) is 1.33. The van der Waals surface area contributed by atoms with Gasteiger partial charge >= 0.3 is 5.69 Å². The van der Waals surface area contributed by atoms with Crippen LogP contribution in [-0.4, -0.2) is 10.8 Å². The maximum absolute atomic E-state index is 13.4. The number of nitriles is 1. The zero-order valence-electron chi connectivity index (χ0n) is 9.81. The van der Waals surface area contributed by atoms with E-state index in [1.54, 1.807) is 13.0 Å². The van der Waals surface area contributed by atoms with Gasteiger partial charge in [-0.05, 0) is 6.42 Å². The molecule has 0 aliphatic carbocycles. The maximum Gasteiger partial charge on any atom is 0.307 e. The highest BCUT2D eigenvalue weighted by molar-refractivity contribution is 5.94. The molecule has 0 aliphatic rings. The lowest BCUT2D eigenvalue weighted by atomic mass is 10.1. The normalized spacial score (nSPS) is 11.5. The fraction of sp³-hybridized carbons (Fsp3) is 0.273. The Morgan fingerprint density at radius 2 is 2.16 bits per heavy atom. The molecule has 1 N–H and O–H groups in total. The number of hydrogen-bond acceptors (Lipinski definition) is 4. The van der Waals surface area contributed by atoms with E-state index in [0.29, 0.717) is 12.1 Å². The van der Waals surface area contributed by atoms with Gasteiger partial charge in [0.05, 0.1) is 16.7 Å². The van der Waals surface area contributed by atoms with Gasteiger partial charge in [0.15, 0.2) is 0 Å². The van der Waals surface area contributed by atoms with E-state index < -0.39 is 39.8 Å². The maximum atomic E-state index is 13.4. The number of benzene rings is 1. The molecule has 6 nitrogen and oxygen atoms in total. The Labute approximate surface area is 106 Å². The molecule has 0 aromatic heterocycles. The average Bonchev–Trinajstić information content (AvgIpc) is 2.33. The van der Waals surface area contributed by atoms with Crippen molar-refractivity contribution >= 4 is 17.3 Å². The van der Waals surface area contributed by atoms with E-state index in [1.165, 1.54) is 0 Å². The second-order valence-corrected chi connectivity index (χ2v) is 3.62. The monoisotopic (exact) mass is 269 g/mol. The summed E-state index contributed by atoms with van der Waals surface area (Å²) < 4.78 is 26.4. The van der Waals surface area contributed by atoms with Crippen LogP contribution in [0, 0.1) is 39.0 Å². The minimum absolute atomic E-state index is 0.202. The Balaban J connectivity index is 3.09. The number of hydrogen-bond donors (Lipinski definition) is 1. The molecule has 0 heterocycles. The van der Waals surface area contributed by atoms with Gasteiger partial charge in [0, 0.05) is 12.1 Å². The van der Waals surface area contributed by atoms with Crippen LogP contribution in [0.5, 0.6) is 0 Å². The number of nitro benzene ring substituents is 1. The lowest BCUT2D eigenvalue weighted by Gasteiger charge is -2.09. The van der Waals surface area contributed by atoms with Crippen LogP contribution in [0.25, 0.3) is 0 Å². The first-order chi connectivity index (χ1) is 8.90. The lowest BCUT2D eigenvalue weighted by Crippen LogP contribution is -2.21. The fourth-order valence-corrected chi connectivity index (χ4v) is 1.33. The average molecular weight is 269 g/mol. The first-order valence-electron chi connectivity index (χ1n) is 5.24. The number of carbonyl (C=O) groups is 1. The minimum Gasteiger partial charge on any atom is -0.322 e. The Kier molecular flexibility index (Phi) is 4.47. The molecule has 8 heteroatoms. The summed E-state index contributed by atoms with van der Waals surface area (Å²) >= 11 is 0. The van der Waals surface area contributed by atoms with E-state index in [-0.39, 0.29) is 6.42 Å². The second-order valence-electron chi connectivity index (χ2n) is 3.62. The van der Waals surface area contributed by atoms with E-state index in [9.17, 15) is 23.7 Å². The van der Waals surface area contributed by atoms with Crippen LogP contribution < -0.4 is 5.32 Å². The van der Waals surface area contributed by atoms with E-state index >= 15 is 0 Å². The van der Waals surface area contributed by atoms with E-state index in [2.05, 4.69) is 0 Å². The van der Waals surface area contributed by atoms with Crippen LogP contribution >= 0.6 is 0 Å². The summed E-state index contributed by atoms with van der Waals surface area (Å²) in [7, 11) is 0. The standard InChI is InChI=1S/C11H9F2N3O3/c1-2-6(5-14)11(17)15-9-4-10(16(18)19)8(13)3-7(9)12/h3-4,6H,2H2,1H3,(H,15,17). The number of halogens is 2. The number of carbonyl (C=O) groups excluding carboxylic acids is 1. The molecule has 1 aromatic rings. The summed E-state index contributed by atoms with van der Waals surface area (Å²) in [5.41, 5.74) is -1.49. The number of anilines is 1. The minimum atomic E-state index is -1.34. The molecular weight excluding hydrogens is 260 g/mol. The number of nitrogens with zero attached hydrogens (tertiary/aromatic N) is 2. The molecule has 0 fully saturated rings. The summed E-state index contributed by atoms with van der Waals surface area (Å²) in [5, 5.41) is 21.2. The molecule has 0 radical (unpaired) electrons. The molecule has 1 unspecified atom stereocenters. The molecule has 0 saturated carbocycles. The Bertz CT molecular complexity index is 569. The third-order valence-corrected chi connectivity index (χ3v) is 2.37. The molecule has 0 aliphatic heterocycles.